The van der Waals surface area contributed by atoms with Crippen LogP contribution in [-0.2, 0) is 19.3 Å². The van der Waals surface area contributed by atoms with Crippen LogP contribution < -0.4 is 10.6 Å². The minimum absolute atomic E-state index is 0.0590. The zero-order chi connectivity index (χ0) is 17.9. The van der Waals surface area contributed by atoms with E-state index >= 15 is 0 Å². The minimum atomic E-state index is -0.534. The number of fused-ring (bicyclic) bond motifs is 1. The maximum atomic E-state index is 13.9. The quantitative estimate of drug-likeness (QED) is 0.714. The van der Waals surface area contributed by atoms with Crippen molar-refractivity contribution in [3.63, 3.8) is 0 Å². The molecule has 0 saturated heterocycles. The molecule has 2 aromatic heterocycles. The van der Waals surface area contributed by atoms with E-state index in [-0.39, 0.29) is 5.69 Å². The maximum Gasteiger partial charge on any atom is 0.319 e. The Balaban J connectivity index is 1.33. The molecule has 4 rings (SSSR count). The number of hydrogen-bond donors (Lipinski definition) is 2. The van der Waals surface area contributed by atoms with Gasteiger partial charge >= 0.3 is 6.03 Å². The van der Waals surface area contributed by atoms with Crippen molar-refractivity contribution in [2.45, 2.75) is 25.7 Å². The van der Waals surface area contributed by atoms with Gasteiger partial charge in [-0.3, -0.25) is 0 Å². The van der Waals surface area contributed by atoms with E-state index in [0.29, 0.717) is 18.7 Å². The van der Waals surface area contributed by atoms with Crippen LogP contribution in [0.15, 0.2) is 24.5 Å². The lowest BCUT2D eigenvalue weighted by molar-refractivity contribution is 0.252. The highest BCUT2D eigenvalue weighted by Gasteiger charge is 2.16. The standard InChI is InChI=1S/C16H16FN7OS/c17-11-5-4-10(24-9-19-22-23-24)8-13(11)21-16(25)18-7-6-15-20-12-2-1-3-14(12)26-15/h4-5,8-9H,1-3,6-7H2,(H2,18,21,25). The fraction of sp³-hybridized carbons (Fsp3) is 0.312. The lowest BCUT2D eigenvalue weighted by Gasteiger charge is -2.09. The molecular formula is C16H16FN7OS. The predicted octanol–water partition coefficient (Wildman–Crippen LogP) is 2.11. The zero-order valence-corrected chi connectivity index (χ0v) is 14.6. The number of nitrogens with one attached hydrogen (secondary N) is 2. The molecule has 0 spiro atoms. The van der Waals surface area contributed by atoms with Crippen molar-refractivity contribution in [1.82, 2.24) is 30.5 Å². The van der Waals surface area contributed by atoms with Gasteiger partial charge in [0.25, 0.3) is 0 Å². The molecule has 1 aliphatic carbocycles. The molecule has 0 fully saturated rings. The van der Waals surface area contributed by atoms with Crippen LogP contribution in [0.1, 0.15) is 22.0 Å². The summed E-state index contributed by atoms with van der Waals surface area (Å²) in [6.45, 7) is 0.437. The molecule has 0 saturated carbocycles. The maximum absolute atomic E-state index is 13.9. The Bertz CT molecular complexity index is 903. The number of amides is 2. The van der Waals surface area contributed by atoms with Crippen molar-refractivity contribution in [3.05, 3.63) is 45.9 Å². The smallest absolute Gasteiger partial charge is 0.319 e. The molecule has 8 nitrogen and oxygen atoms in total. The molecular weight excluding hydrogens is 357 g/mol. The fourth-order valence-electron chi connectivity index (χ4n) is 2.83. The van der Waals surface area contributed by atoms with Crippen molar-refractivity contribution >= 4 is 23.1 Å². The van der Waals surface area contributed by atoms with Gasteiger partial charge in [0.1, 0.15) is 12.1 Å². The third-order valence-corrected chi connectivity index (χ3v) is 5.29. The van der Waals surface area contributed by atoms with Crippen molar-refractivity contribution < 1.29 is 9.18 Å². The van der Waals surface area contributed by atoms with E-state index < -0.39 is 11.8 Å². The Labute approximate surface area is 152 Å². The van der Waals surface area contributed by atoms with Crippen LogP contribution in [0.5, 0.6) is 0 Å². The van der Waals surface area contributed by atoms with Crippen molar-refractivity contribution in [2.75, 3.05) is 11.9 Å². The number of thiazole rings is 1. The molecule has 0 radical (unpaired) electrons. The predicted molar refractivity (Wildman–Crippen MR) is 94.0 cm³/mol. The third kappa shape index (κ3) is 3.54. The van der Waals surface area contributed by atoms with E-state index in [0.717, 1.165) is 17.8 Å². The van der Waals surface area contributed by atoms with Crippen molar-refractivity contribution in [3.8, 4) is 5.69 Å². The highest BCUT2D eigenvalue weighted by atomic mass is 32.1. The average Bonchev–Trinajstić information content (AvgIpc) is 3.33. The molecule has 0 aliphatic heterocycles. The first-order valence-corrected chi connectivity index (χ1v) is 9.06. The first-order valence-electron chi connectivity index (χ1n) is 8.24. The summed E-state index contributed by atoms with van der Waals surface area (Å²) in [5, 5.41) is 17.1. The molecule has 0 bridgehead atoms. The van der Waals surface area contributed by atoms with Gasteiger partial charge in [-0.2, -0.15) is 0 Å². The summed E-state index contributed by atoms with van der Waals surface area (Å²) in [7, 11) is 0. The number of hydrogen-bond acceptors (Lipinski definition) is 6. The lowest BCUT2D eigenvalue weighted by atomic mass is 10.2. The lowest BCUT2D eigenvalue weighted by Crippen LogP contribution is -2.30. The van der Waals surface area contributed by atoms with Gasteiger partial charge in [-0.25, -0.2) is 18.9 Å². The van der Waals surface area contributed by atoms with Gasteiger partial charge in [-0.1, -0.05) is 0 Å². The average molecular weight is 373 g/mol. The number of aromatic nitrogens is 5. The molecule has 2 amide bonds. The molecule has 1 aromatic carbocycles. The van der Waals surface area contributed by atoms with E-state index in [1.54, 1.807) is 11.3 Å². The molecule has 134 valence electrons. The number of benzene rings is 1. The topological polar surface area (TPSA) is 97.6 Å². The van der Waals surface area contributed by atoms with E-state index in [9.17, 15) is 9.18 Å². The number of rotatable bonds is 5. The van der Waals surface area contributed by atoms with Gasteiger partial charge in [0.15, 0.2) is 0 Å². The van der Waals surface area contributed by atoms with Crippen LogP contribution in [0.4, 0.5) is 14.9 Å². The molecule has 26 heavy (non-hydrogen) atoms. The molecule has 0 atom stereocenters. The Morgan fingerprint density at radius 2 is 2.27 bits per heavy atom. The fourth-order valence-corrected chi connectivity index (χ4v) is 3.99. The van der Waals surface area contributed by atoms with Gasteiger partial charge in [0, 0.05) is 17.8 Å². The van der Waals surface area contributed by atoms with Crippen molar-refractivity contribution in [2.24, 2.45) is 0 Å². The van der Waals surface area contributed by atoms with Gasteiger partial charge in [0.05, 0.1) is 22.1 Å². The summed E-state index contributed by atoms with van der Waals surface area (Å²) in [6, 6.07) is 3.78. The van der Waals surface area contributed by atoms with Crippen LogP contribution in [0, 0.1) is 5.82 Å². The first kappa shape index (κ1) is 16.6. The summed E-state index contributed by atoms with van der Waals surface area (Å²) in [6.07, 6.45) is 5.40. The van der Waals surface area contributed by atoms with E-state index in [1.807, 2.05) is 0 Å². The Morgan fingerprint density at radius 3 is 3.08 bits per heavy atom. The number of tetrazole rings is 1. The molecule has 1 aliphatic rings. The third-order valence-electron chi connectivity index (χ3n) is 4.08. The van der Waals surface area contributed by atoms with Crippen molar-refractivity contribution in [1.29, 1.82) is 0 Å². The van der Waals surface area contributed by atoms with E-state index in [4.69, 9.17) is 0 Å². The molecule has 10 heteroatoms. The van der Waals surface area contributed by atoms with Gasteiger partial charge in [-0.15, -0.1) is 16.4 Å². The summed E-state index contributed by atoms with van der Waals surface area (Å²) < 4.78 is 15.3. The van der Waals surface area contributed by atoms with Gasteiger partial charge in [-0.05, 0) is 47.9 Å². The number of carbonyl (C=O) groups excluding carboxylic acids is 1. The van der Waals surface area contributed by atoms with E-state index in [1.165, 1.54) is 46.2 Å². The van der Waals surface area contributed by atoms with E-state index in [2.05, 4.69) is 31.1 Å². The normalized spacial score (nSPS) is 12.8. The summed E-state index contributed by atoms with van der Waals surface area (Å²) in [5.41, 5.74) is 1.81. The highest BCUT2D eigenvalue weighted by molar-refractivity contribution is 7.11. The second-order valence-electron chi connectivity index (χ2n) is 5.88. The summed E-state index contributed by atoms with van der Waals surface area (Å²) in [5.74, 6) is -0.534. The minimum Gasteiger partial charge on any atom is -0.337 e. The number of halogens is 1. The number of urea groups is 1. The van der Waals surface area contributed by atoms with Gasteiger partial charge in [0.2, 0.25) is 0 Å². The van der Waals surface area contributed by atoms with Crippen LogP contribution in [0.2, 0.25) is 0 Å². The second kappa shape index (κ2) is 7.16. The number of anilines is 1. The number of nitrogens with zero attached hydrogens (tertiary/aromatic N) is 5. The molecule has 2 heterocycles. The highest BCUT2D eigenvalue weighted by Crippen LogP contribution is 2.27. The molecule has 3 aromatic rings. The SMILES string of the molecule is O=C(NCCc1nc2c(s1)CCC2)Nc1cc(-n2cnnn2)ccc1F. The first-order chi connectivity index (χ1) is 12.7. The number of carbonyl (C=O) groups is 1. The Kier molecular flexibility index (Phi) is 4.57. The summed E-state index contributed by atoms with van der Waals surface area (Å²) in [4.78, 5) is 18.0. The van der Waals surface area contributed by atoms with Crippen LogP contribution in [0.25, 0.3) is 5.69 Å². The monoisotopic (exact) mass is 373 g/mol. The Hall–Kier alpha value is -2.88. The largest absolute Gasteiger partial charge is 0.337 e. The van der Waals surface area contributed by atoms with Crippen LogP contribution >= 0.6 is 11.3 Å². The summed E-state index contributed by atoms with van der Waals surface area (Å²) >= 11 is 1.72. The molecule has 0 unspecified atom stereocenters. The zero-order valence-electron chi connectivity index (χ0n) is 13.8. The Morgan fingerprint density at radius 1 is 1.35 bits per heavy atom. The number of aryl methyl sites for hydroxylation is 2. The van der Waals surface area contributed by atoms with Crippen LogP contribution in [0.3, 0.4) is 0 Å². The van der Waals surface area contributed by atoms with Crippen LogP contribution in [-0.4, -0.2) is 37.8 Å². The molecule has 2 N–H and O–H groups in total. The second-order valence-corrected chi connectivity index (χ2v) is 7.05. The van der Waals surface area contributed by atoms with Gasteiger partial charge < -0.3 is 10.6 Å².